The maximum atomic E-state index is 2.53. The molecule has 0 saturated heterocycles. The summed E-state index contributed by atoms with van der Waals surface area (Å²) in [5.74, 6) is 0. The van der Waals surface area contributed by atoms with Crippen molar-refractivity contribution >= 4 is 88.0 Å². The van der Waals surface area contributed by atoms with E-state index in [1.807, 2.05) is 0 Å². The minimum Gasteiger partial charge on any atom is -0.309 e. The first-order valence-electron chi connectivity index (χ1n) is 25.5. The number of benzene rings is 12. The molecular weight excluding hydrogens is 869 g/mol. The lowest BCUT2D eigenvalue weighted by molar-refractivity contribution is 0.590. The predicted molar refractivity (Wildman–Crippen MR) is 312 cm³/mol. The molecule has 0 aromatic heterocycles. The quantitative estimate of drug-likeness (QED) is 0.140. The number of aryl methyl sites for hydroxylation is 2. The molecule has 72 heavy (non-hydrogen) atoms. The van der Waals surface area contributed by atoms with E-state index in [-0.39, 0.29) is 10.8 Å². The summed E-state index contributed by atoms with van der Waals surface area (Å²) < 4.78 is 0. The summed E-state index contributed by atoms with van der Waals surface area (Å²) in [5, 5.41) is 12.2. The van der Waals surface area contributed by atoms with Crippen LogP contribution in [-0.4, -0.2) is 0 Å². The van der Waals surface area contributed by atoms with Crippen LogP contribution in [0.5, 0.6) is 0 Å². The molecule has 12 aromatic carbocycles. The van der Waals surface area contributed by atoms with Gasteiger partial charge in [0.05, 0.1) is 22.7 Å². The van der Waals surface area contributed by atoms with Gasteiger partial charge in [-0.1, -0.05) is 223 Å². The number of hydrogen-bond donors (Lipinski definition) is 0. The third-order valence-electron chi connectivity index (χ3n) is 15.1. The molecule has 12 rings (SSSR count). The van der Waals surface area contributed by atoms with E-state index in [1.54, 1.807) is 0 Å². The van der Waals surface area contributed by atoms with Gasteiger partial charge < -0.3 is 9.80 Å². The summed E-state index contributed by atoms with van der Waals surface area (Å²) in [6, 6.07) is 82.5. The highest BCUT2D eigenvalue weighted by atomic mass is 15.2. The van der Waals surface area contributed by atoms with Crippen molar-refractivity contribution in [1.82, 2.24) is 0 Å². The lowest BCUT2D eigenvalue weighted by Crippen LogP contribution is -2.14. The molecule has 0 bridgehead atoms. The second kappa shape index (κ2) is 17.3. The monoisotopic (exact) mass is 928 g/mol. The summed E-state index contributed by atoms with van der Waals surface area (Å²) in [6.45, 7) is 18.1. The van der Waals surface area contributed by atoms with E-state index in [4.69, 9.17) is 0 Å². The fraction of sp³-hybridized carbons (Fsp3) is 0.143. The van der Waals surface area contributed by atoms with Crippen LogP contribution in [0.25, 0.3) is 76.1 Å². The molecular formula is C70H60N2. The van der Waals surface area contributed by atoms with Crippen LogP contribution in [0.1, 0.15) is 63.8 Å². The Kier molecular flexibility index (Phi) is 10.8. The number of anilines is 6. The lowest BCUT2D eigenvalue weighted by Gasteiger charge is -2.32. The van der Waals surface area contributed by atoms with Crippen molar-refractivity contribution < 1.29 is 0 Å². The molecule has 2 heteroatoms. The standard InChI is InChI=1S/C70H60N2/c1-45-23-27-49(28-24-45)61-43-65(71(53-35-31-51(32-36-53)69(3,4)5)63-21-13-17-47-15-9-11-19-55(47)63)59-42-40-58-62(50-29-25-46(2)26-30-50)44-66(60-41-39-57(61)67(59)68(58)60)72(54-37-33-52(34-38-54)70(6,7)8)64-22-14-18-48-16-10-12-20-56(48)64/h9-44H,1-8H3. The van der Waals surface area contributed by atoms with Gasteiger partial charge in [-0.15, -0.1) is 0 Å². The zero-order valence-electron chi connectivity index (χ0n) is 42.7. The molecule has 0 radical (unpaired) electrons. The Bertz CT molecular complexity index is 3700. The Morgan fingerprint density at radius 1 is 0.292 bits per heavy atom. The highest BCUT2D eigenvalue weighted by molar-refractivity contribution is 6.32. The third kappa shape index (κ3) is 7.74. The predicted octanol–water partition coefficient (Wildman–Crippen LogP) is 20.4. The smallest absolute Gasteiger partial charge is 0.0547 e. The zero-order valence-corrected chi connectivity index (χ0v) is 42.7. The van der Waals surface area contributed by atoms with Crippen molar-refractivity contribution in [3.05, 3.63) is 241 Å². The van der Waals surface area contributed by atoms with Crippen LogP contribution in [0.3, 0.4) is 0 Å². The van der Waals surface area contributed by atoms with E-state index < -0.39 is 0 Å². The van der Waals surface area contributed by atoms with Crippen molar-refractivity contribution in [1.29, 1.82) is 0 Å². The molecule has 0 heterocycles. The van der Waals surface area contributed by atoms with Crippen LogP contribution in [0, 0.1) is 13.8 Å². The topological polar surface area (TPSA) is 6.48 Å². The van der Waals surface area contributed by atoms with Gasteiger partial charge in [-0.05, 0) is 128 Å². The van der Waals surface area contributed by atoms with Gasteiger partial charge in [0.2, 0.25) is 0 Å². The number of nitrogens with zero attached hydrogens (tertiary/aromatic N) is 2. The second-order valence-corrected chi connectivity index (χ2v) is 22.0. The van der Waals surface area contributed by atoms with Crippen molar-refractivity contribution in [2.45, 2.75) is 66.2 Å². The fourth-order valence-corrected chi connectivity index (χ4v) is 11.1. The van der Waals surface area contributed by atoms with Crippen LogP contribution >= 0.6 is 0 Å². The number of fused-ring (bicyclic) bond motifs is 2. The Balaban J connectivity index is 1.25. The highest BCUT2D eigenvalue weighted by Crippen LogP contribution is 2.53. The van der Waals surface area contributed by atoms with Crippen molar-refractivity contribution in [2.75, 3.05) is 9.80 Å². The van der Waals surface area contributed by atoms with Crippen LogP contribution in [0.4, 0.5) is 34.1 Å². The summed E-state index contributed by atoms with van der Waals surface area (Å²) in [7, 11) is 0. The summed E-state index contributed by atoms with van der Waals surface area (Å²) >= 11 is 0. The molecule has 0 aliphatic heterocycles. The van der Waals surface area contributed by atoms with Gasteiger partial charge in [-0.3, -0.25) is 0 Å². The number of hydrogen-bond acceptors (Lipinski definition) is 2. The van der Waals surface area contributed by atoms with E-state index in [2.05, 4.69) is 284 Å². The van der Waals surface area contributed by atoms with Gasteiger partial charge in [-0.25, -0.2) is 0 Å². The average Bonchev–Trinajstić information content (AvgIpc) is 3.39. The molecule has 0 unspecified atom stereocenters. The Labute approximate surface area is 424 Å². The van der Waals surface area contributed by atoms with Gasteiger partial charge in [0.25, 0.3) is 0 Å². The first kappa shape index (κ1) is 45.0. The van der Waals surface area contributed by atoms with Crippen LogP contribution in [-0.2, 0) is 10.8 Å². The van der Waals surface area contributed by atoms with Gasteiger partial charge in [0, 0.05) is 43.7 Å². The second-order valence-electron chi connectivity index (χ2n) is 22.0. The SMILES string of the molecule is Cc1ccc(-c2cc(N(c3ccc(C(C)(C)C)cc3)c3cccc4ccccc34)c3ccc4c(-c5ccc(C)cc5)cc(N(c5ccc(C(C)(C)C)cc5)c5cccc6ccccc56)c5ccc2c3c45)cc1. The first-order chi connectivity index (χ1) is 34.8. The molecule has 0 aliphatic carbocycles. The van der Waals surface area contributed by atoms with Gasteiger partial charge in [0.15, 0.2) is 0 Å². The minimum atomic E-state index is 0.00975. The zero-order chi connectivity index (χ0) is 49.5. The summed E-state index contributed by atoms with van der Waals surface area (Å²) in [6.07, 6.45) is 0. The normalized spacial score (nSPS) is 12.2. The van der Waals surface area contributed by atoms with Gasteiger partial charge >= 0.3 is 0 Å². The van der Waals surface area contributed by atoms with Crippen molar-refractivity contribution in [2.24, 2.45) is 0 Å². The van der Waals surface area contributed by atoms with Gasteiger partial charge in [0.1, 0.15) is 0 Å². The molecule has 0 fully saturated rings. The van der Waals surface area contributed by atoms with Crippen molar-refractivity contribution in [3.63, 3.8) is 0 Å². The molecule has 0 saturated carbocycles. The van der Waals surface area contributed by atoms with Crippen LogP contribution in [0.15, 0.2) is 218 Å². The van der Waals surface area contributed by atoms with E-state index in [0.717, 1.165) is 34.1 Å². The van der Waals surface area contributed by atoms with Crippen LogP contribution < -0.4 is 9.80 Å². The van der Waals surface area contributed by atoms with E-state index >= 15 is 0 Å². The Morgan fingerprint density at radius 3 is 1.01 bits per heavy atom. The first-order valence-corrected chi connectivity index (χ1v) is 25.5. The minimum absolute atomic E-state index is 0.00975. The molecule has 12 aromatic rings. The molecule has 2 nitrogen and oxygen atoms in total. The molecule has 0 spiro atoms. The molecule has 0 atom stereocenters. The molecule has 0 amide bonds. The molecule has 0 aliphatic rings. The number of rotatable bonds is 8. The van der Waals surface area contributed by atoms with E-state index in [1.165, 1.54) is 98.4 Å². The van der Waals surface area contributed by atoms with Gasteiger partial charge in [-0.2, -0.15) is 0 Å². The van der Waals surface area contributed by atoms with Crippen LogP contribution in [0.2, 0.25) is 0 Å². The Morgan fingerprint density at radius 2 is 0.639 bits per heavy atom. The van der Waals surface area contributed by atoms with Crippen molar-refractivity contribution in [3.8, 4) is 22.3 Å². The third-order valence-corrected chi connectivity index (χ3v) is 15.1. The van der Waals surface area contributed by atoms with E-state index in [9.17, 15) is 0 Å². The maximum Gasteiger partial charge on any atom is 0.0547 e. The molecule has 350 valence electrons. The fourth-order valence-electron chi connectivity index (χ4n) is 11.1. The average molecular weight is 929 g/mol. The summed E-state index contributed by atoms with van der Waals surface area (Å²) in [5.41, 5.74) is 16.7. The van der Waals surface area contributed by atoms with E-state index in [0.29, 0.717) is 0 Å². The highest BCUT2D eigenvalue weighted by Gasteiger charge is 2.28. The lowest BCUT2D eigenvalue weighted by atomic mass is 9.84. The molecule has 0 N–H and O–H groups in total. The summed E-state index contributed by atoms with van der Waals surface area (Å²) in [4.78, 5) is 5.05. The largest absolute Gasteiger partial charge is 0.309 e. The Hall–Kier alpha value is -8.20. The maximum absolute atomic E-state index is 2.53.